The van der Waals surface area contributed by atoms with E-state index in [-0.39, 0.29) is 10.9 Å². The maximum Gasteiger partial charge on any atom is 0.241 e. The highest BCUT2D eigenvalue weighted by atomic mass is 32.2. The van der Waals surface area contributed by atoms with Crippen molar-refractivity contribution in [3.63, 3.8) is 0 Å². The Balaban J connectivity index is 2.26. The van der Waals surface area contributed by atoms with Crippen LogP contribution in [0.5, 0.6) is 0 Å². The number of nitrogens with zero attached hydrogens (tertiary/aromatic N) is 1. The molecular formula is C13H17N3O2S. The standard InChI is InChI=1S/C13H17N3O2S/c1-3-12(13-14-7-8-15-13)16-19(17,18)11-6-4-5-10(2)9-11/h4-9,12,16H,3H2,1-2H3,(H,14,15). The molecule has 0 aliphatic heterocycles. The molecule has 0 saturated carbocycles. The first-order valence-corrected chi connectivity index (χ1v) is 7.59. The van der Waals surface area contributed by atoms with Crippen LogP contribution in [0.25, 0.3) is 0 Å². The summed E-state index contributed by atoms with van der Waals surface area (Å²) in [6.07, 6.45) is 3.91. The molecule has 2 aromatic rings. The number of hydrogen-bond donors (Lipinski definition) is 2. The monoisotopic (exact) mass is 279 g/mol. The van der Waals surface area contributed by atoms with Gasteiger partial charge in [-0.1, -0.05) is 19.1 Å². The highest BCUT2D eigenvalue weighted by Crippen LogP contribution is 2.17. The minimum absolute atomic E-state index is 0.275. The van der Waals surface area contributed by atoms with Gasteiger partial charge in [-0.05, 0) is 31.0 Å². The van der Waals surface area contributed by atoms with Crippen LogP contribution in [0.3, 0.4) is 0 Å². The SMILES string of the molecule is CCC(NS(=O)(=O)c1cccc(C)c1)c1ncc[nH]1. The van der Waals surface area contributed by atoms with Crippen LogP contribution >= 0.6 is 0 Å². The van der Waals surface area contributed by atoms with E-state index in [4.69, 9.17) is 0 Å². The number of nitrogens with one attached hydrogen (secondary N) is 2. The van der Waals surface area contributed by atoms with E-state index in [1.54, 1.807) is 30.6 Å². The fourth-order valence-electron chi connectivity index (χ4n) is 1.84. The predicted molar refractivity (Wildman–Crippen MR) is 73.1 cm³/mol. The molecule has 0 spiro atoms. The van der Waals surface area contributed by atoms with Gasteiger partial charge < -0.3 is 4.98 Å². The van der Waals surface area contributed by atoms with Crippen molar-refractivity contribution in [1.29, 1.82) is 0 Å². The Morgan fingerprint density at radius 1 is 1.42 bits per heavy atom. The van der Waals surface area contributed by atoms with Crippen LogP contribution in [0.1, 0.15) is 30.8 Å². The van der Waals surface area contributed by atoms with Crippen molar-refractivity contribution in [1.82, 2.24) is 14.7 Å². The van der Waals surface area contributed by atoms with Gasteiger partial charge in [-0.3, -0.25) is 0 Å². The lowest BCUT2D eigenvalue weighted by Crippen LogP contribution is -2.29. The summed E-state index contributed by atoms with van der Waals surface area (Å²) in [5, 5.41) is 0. The summed E-state index contributed by atoms with van der Waals surface area (Å²) < 4.78 is 27.3. The third kappa shape index (κ3) is 3.21. The number of rotatable bonds is 5. The average molecular weight is 279 g/mol. The number of hydrogen-bond acceptors (Lipinski definition) is 3. The number of aryl methyl sites for hydroxylation is 1. The van der Waals surface area contributed by atoms with Crippen LogP contribution in [-0.2, 0) is 10.0 Å². The van der Waals surface area contributed by atoms with E-state index in [1.807, 2.05) is 19.9 Å². The first kappa shape index (κ1) is 13.8. The van der Waals surface area contributed by atoms with Crippen LogP contribution in [0, 0.1) is 6.92 Å². The van der Waals surface area contributed by atoms with Gasteiger partial charge in [0.25, 0.3) is 0 Å². The second-order valence-electron chi connectivity index (χ2n) is 4.37. The zero-order valence-corrected chi connectivity index (χ0v) is 11.7. The van der Waals surface area contributed by atoms with E-state index in [9.17, 15) is 8.42 Å². The number of H-pyrrole nitrogens is 1. The molecule has 1 aromatic heterocycles. The van der Waals surface area contributed by atoms with Crippen LogP contribution in [0.15, 0.2) is 41.6 Å². The van der Waals surface area contributed by atoms with Crippen LogP contribution in [0.2, 0.25) is 0 Å². The van der Waals surface area contributed by atoms with Crippen LogP contribution < -0.4 is 4.72 Å². The topological polar surface area (TPSA) is 74.8 Å². The molecule has 0 bridgehead atoms. The van der Waals surface area contributed by atoms with Gasteiger partial charge in [-0.15, -0.1) is 0 Å². The van der Waals surface area contributed by atoms with Gasteiger partial charge in [-0.2, -0.15) is 0 Å². The lowest BCUT2D eigenvalue weighted by atomic mass is 10.2. The van der Waals surface area contributed by atoms with Gasteiger partial charge in [-0.25, -0.2) is 18.1 Å². The zero-order chi connectivity index (χ0) is 13.9. The third-order valence-electron chi connectivity index (χ3n) is 2.85. The van der Waals surface area contributed by atoms with Crippen LogP contribution in [-0.4, -0.2) is 18.4 Å². The molecule has 1 atom stereocenters. The first-order chi connectivity index (χ1) is 9.03. The maximum atomic E-state index is 12.3. The van der Waals surface area contributed by atoms with Gasteiger partial charge in [0.05, 0.1) is 10.9 Å². The molecule has 2 N–H and O–H groups in total. The molecule has 5 nitrogen and oxygen atoms in total. The summed E-state index contributed by atoms with van der Waals surface area (Å²) in [5.74, 6) is 0.624. The van der Waals surface area contributed by atoms with Crippen molar-refractivity contribution in [3.8, 4) is 0 Å². The molecule has 19 heavy (non-hydrogen) atoms. The number of aromatic amines is 1. The van der Waals surface area contributed by atoms with E-state index in [2.05, 4.69) is 14.7 Å². The second kappa shape index (κ2) is 5.54. The summed E-state index contributed by atoms with van der Waals surface area (Å²) in [6, 6.07) is 6.49. The number of aromatic nitrogens is 2. The van der Waals surface area contributed by atoms with Crippen molar-refractivity contribution in [2.75, 3.05) is 0 Å². The molecule has 6 heteroatoms. The molecular weight excluding hydrogens is 262 g/mol. The molecule has 1 unspecified atom stereocenters. The number of benzene rings is 1. The predicted octanol–water partition coefficient (Wildman–Crippen LogP) is 2.15. The smallest absolute Gasteiger partial charge is 0.241 e. The van der Waals surface area contributed by atoms with Gasteiger partial charge in [0.15, 0.2) is 0 Å². The Kier molecular flexibility index (Phi) is 4.01. The van der Waals surface area contributed by atoms with Gasteiger partial charge in [0.2, 0.25) is 10.0 Å². The molecule has 0 amide bonds. The van der Waals surface area contributed by atoms with E-state index in [1.165, 1.54) is 0 Å². The van der Waals surface area contributed by atoms with Gasteiger partial charge >= 0.3 is 0 Å². The van der Waals surface area contributed by atoms with Crippen molar-refractivity contribution in [2.45, 2.75) is 31.2 Å². The van der Waals surface area contributed by atoms with Crippen molar-refractivity contribution < 1.29 is 8.42 Å². The molecule has 0 fully saturated rings. The summed E-state index contributed by atoms with van der Waals surface area (Å²) in [6.45, 7) is 3.77. The minimum atomic E-state index is -3.53. The van der Waals surface area contributed by atoms with E-state index < -0.39 is 10.0 Å². The normalized spacial score (nSPS) is 13.4. The van der Waals surface area contributed by atoms with Crippen molar-refractivity contribution >= 4 is 10.0 Å². The maximum absolute atomic E-state index is 12.3. The van der Waals surface area contributed by atoms with Crippen molar-refractivity contribution in [3.05, 3.63) is 48.0 Å². The average Bonchev–Trinajstić information content (AvgIpc) is 2.90. The summed E-state index contributed by atoms with van der Waals surface area (Å²) >= 11 is 0. The fraction of sp³-hybridized carbons (Fsp3) is 0.308. The highest BCUT2D eigenvalue weighted by Gasteiger charge is 2.21. The van der Waals surface area contributed by atoms with Gasteiger partial charge in [0, 0.05) is 12.4 Å². The summed E-state index contributed by atoms with van der Waals surface area (Å²) in [4.78, 5) is 7.31. The Labute approximate surface area is 113 Å². The molecule has 1 heterocycles. The summed E-state index contributed by atoms with van der Waals surface area (Å²) in [7, 11) is -3.53. The van der Waals surface area contributed by atoms with Gasteiger partial charge in [0.1, 0.15) is 5.82 Å². The Bertz CT molecular complexity index is 636. The molecule has 102 valence electrons. The largest absolute Gasteiger partial charge is 0.347 e. The number of imidazole rings is 1. The van der Waals surface area contributed by atoms with E-state index in [0.29, 0.717) is 12.2 Å². The fourth-order valence-corrected chi connectivity index (χ4v) is 3.23. The number of sulfonamides is 1. The minimum Gasteiger partial charge on any atom is -0.347 e. The van der Waals surface area contributed by atoms with E-state index >= 15 is 0 Å². The Morgan fingerprint density at radius 2 is 2.21 bits per heavy atom. The highest BCUT2D eigenvalue weighted by molar-refractivity contribution is 7.89. The molecule has 0 aliphatic carbocycles. The van der Waals surface area contributed by atoms with Crippen molar-refractivity contribution in [2.24, 2.45) is 0 Å². The third-order valence-corrected chi connectivity index (χ3v) is 4.32. The summed E-state index contributed by atoms with van der Waals surface area (Å²) in [5.41, 5.74) is 0.911. The second-order valence-corrected chi connectivity index (χ2v) is 6.09. The molecule has 2 rings (SSSR count). The first-order valence-electron chi connectivity index (χ1n) is 6.11. The zero-order valence-electron chi connectivity index (χ0n) is 10.9. The molecule has 0 saturated heterocycles. The Hall–Kier alpha value is -1.66. The Morgan fingerprint density at radius 3 is 2.79 bits per heavy atom. The quantitative estimate of drug-likeness (QED) is 0.880. The molecule has 0 radical (unpaired) electrons. The van der Waals surface area contributed by atoms with Crippen LogP contribution in [0.4, 0.5) is 0 Å². The molecule has 0 aliphatic rings. The lowest BCUT2D eigenvalue weighted by Gasteiger charge is -2.15. The molecule has 1 aromatic carbocycles. The lowest BCUT2D eigenvalue weighted by molar-refractivity contribution is 0.539. The van der Waals surface area contributed by atoms with E-state index in [0.717, 1.165) is 5.56 Å².